The molecule has 1 aromatic carbocycles. The van der Waals surface area contributed by atoms with Gasteiger partial charge in [-0.3, -0.25) is 10.1 Å². The smallest absolute Gasteiger partial charge is 0.211 e. The standard InChI is InChI=1S/C12H15NO4/c1-9(14)6-11(8-13(15)16)10-4-3-5-12(7-10)17-2/h3-5,7,11H,6,8H2,1-2H3/t11-/m1/s1. The zero-order valence-corrected chi connectivity index (χ0v) is 9.88. The molecule has 1 atom stereocenters. The van der Waals surface area contributed by atoms with Crippen LogP contribution in [-0.2, 0) is 4.79 Å². The lowest BCUT2D eigenvalue weighted by Gasteiger charge is -2.12. The Bertz CT molecular complexity index is 401. The summed E-state index contributed by atoms with van der Waals surface area (Å²) < 4.78 is 5.06. The summed E-state index contributed by atoms with van der Waals surface area (Å²) in [6.07, 6.45) is 0.175. The fourth-order valence-corrected chi connectivity index (χ4v) is 1.71. The minimum atomic E-state index is -0.396. The highest BCUT2D eigenvalue weighted by Gasteiger charge is 2.20. The fraction of sp³-hybridized carbons (Fsp3) is 0.417. The molecule has 5 heteroatoms. The number of methoxy groups -OCH3 is 1. The summed E-state index contributed by atoms with van der Waals surface area (Å²) in [6.45, 7) is 1.19. The normalized spacial score (nSPS) is 11.9. The number of hydrogen-bond donors (Lipinski definition) is 0. The van der Waals surface area contributed by atoms with Gasteiger partial charge >= 0.3 is 0 Å². The van der Waals surface area contributed by atoms with Crippen LogP contribution in [0.5, 0.6) is 5.75 Å². The number of ketones is 1. The molecular formula is C12H15NO4. The molecule has 0 radical (unpaired) electrons. The quantitative estimate of drug-likeness (QED) is 0.560. The van der Waals surface area contributed by atoms with Crippen LogP contribution < -0.4 is 4.74 Å². The number of nitro groups is 1. The molecular weight excluding hydrogens is 222 g/mol. The minimum absolute atomic E-state index is 0.0559. The van der Waals surface area contributed by atoms with E-state index in [9.17, 15) is 14.9 Å². The molecule has 0 fully saturated rings. The molecule has 0 amide bonds. The number of rotatable bonds is 6. The van der Waals surface area contributed by atoms with Gasteiger partial charge in [0.1, 0.15) is 11.5 Å². The minimum Gasteiger partial charge on any atom is -0.497 e. The summed E-state index contributed by atoms with van der Waals surface area (Å²) in [6, 6.07) is 7.04. The van der Waals surface area contributed by atoms with Crippen LogP contribution in [0.1, 0.15) is 24.8 Å². The lowest BCUT2D eigenvalue weighted by molar-refractivity contribution is -0.483. The van der Waals surface area contributed by atoms with Crippen molar-refractivity contribution in [1.29, 1.82) is 0 Å². The van der Waals surface area contributed by atoms with Crippen molar-refractivity contribution < 1.29 is 14.5 Å². The van der Waals surface area contributed by atoms with Gasteiger partial charge in [0.25, 0.3) is 0 Å². The van der Waals surface area contributed by atoms with Crippen LogP contribution in [0.3, 0.4) is 0 Å². The zero-order valence-electron chi connectivity index (χ0n) is 9.88. The molecule has 0 saturated carbocycles. The topological polar surface area (TPSA) is 69.4 Å². The molecule has 17 heavy (non-hydrogen) atoms. The molecule has 1 aromatic rings. The highest BCUT2D eigenvalue weighted by Crippen LogP contribution is 2.24. The maximum Gasteiger partial charge on any atom is 0.211 e. The first kappa shape index (κ1) is 13.2. The summed E-state index contributed by atoms with van der Waals surface area (Å²) >= 11 is 0. The lowest BCUT2D eigenvalue weighted by Crippen LogP contribution is -2.15. The first-order chi connectivity index (χ1) is 8.02. The predicted octanol–water partition coefficient (Wildman–Crippen LogP) is 2.03. The van der Waals surface area contributed by atoms with Gasteiger partial charge in [-0.2, -0.15) is 0 Å². The van der Waals surface area contributed by atoms with Crippen LogP contribution in [0.4, 0.5) is 0 Å². The molecule has 0 aliphatic carbocycles. The highest BCUT2D eigenvalue weighted by atomic mass is 16.6. The van der Waals surface area contributed by atoms with Gasteiger partial charge in [-0.1, -0.05) is 12.1 Å². The van der Waals surface area contributed by atoms with E-state index >= 15 is 0 Å². The van der Waals surface area contributed by atoms with Gasteiger partial charge in [0, 0.05) is 11.3 Å². The van der Waals surface area contributed by atoms with E-state index in [4.69, 9.17) is 4.74 Å². The molecule has 0 aliphatic heterocycles. The van der Waals surface area contributed by atoms with Gasteiger partial charge in [-0.25, -0.2) is 0 Å². The van der Waals surface area contributed by atoms with E-state index in [1.807, 2.05) is 0 Å². The van der Waals surface area contributed by atoms with Gasteiger partial charge in [-0.15, -0.1) is 0 Å². The SMILES string of the molecule is COc1cccc([C@H](CC(C)=O)C[N+](=O)[O-])c1. The summed E-state index contributed by atoms with van der Waals surface area (Å²) in [5.41, 5.74) is 0.760. The van der Waals surface area contributed by atoms with Gasteiger partial charge in [-0.05, 0) is 24.6 Å². The zero-order chi connectivity index (χ0) is 12.8. The Morgan fingerprint density at radius 1 is 1.53 bits per heavy atom. The lowest BCUT2D eigenvalue weighted by atomic mass is 9.94. The number of benzene rings is 1. The average molecular weight is 237 g/mol. The summed E-state index contributed by atoms with van der Waals surface area (Å²) in [5.74, 6) is 0.191. The van der Waals surface area contributed by atoms with Crippen molar-refractivity contribution >= 4 is 5.78 Å². The molecule has 0 aliphatic rings. The molecule has 0 N–H and O–H groups in total. The molecule has 0 spiro atoms. The van der Waals surface area contributed by atoms with Gasteiger partial charge in [0.05, 0.1) is 13.0 Å². The average Bonchev–Trinajstić information content (AvgIpc) is 2.27. The van der Waals surface area contributed by atoms with Crippen molar-refractivity contribution in [3.8, 4) is 5.75 Å². The summed E-state index contributed by atoms with van der Waals surface area (Å²) in [7, 11) is 1.53. The molecule has 0 heterocycles. The number of hydrogen-bond acceptors (Lipinski definition) is 4. The van der Waals surface area contributed by atoms with Crippen LogP contribution in [0.2, 0.25) is 0 Å². The van der Waals surface area contributed by atoms with Gasteiger partial charge < -0.3 is 9.53 Å². The Morgan fingerprint density at radius 3 is 2.76 bits per heavy atom. The molecule has 92 valence electrons. The third-order valence-electron chi connectivity index (χ3n) is 2.47. The highest BCUT2D eigenvalue weighted by molar-refractivity contribution is 5.76. The van der Waals surface area contributed by atoms with E-state index in [0.29, 0.717) is 5.75 Å². The van der Waals surface area contributed by atoms with Gasteiger partial charge in [0.15, 0.2) is 0 Å². The molecule has 0 saturated heterocycles. The van der Waals surface area contributed by atoms with E-state index in [1.54, 1.807) is 24.3 Å². The van der Waals surface area contributed by atoms with E-state index in [2.05, 4.69) is 0 Å². The van der Waals surface area contributed by atoms with E-state index in [1.165, 1.54) is 14.0 Å². The maximum absolute atomic E-state index is 11.1. The van der Waals surface area contributed by atoms with Crippen molar-refractivity contribution in [2.45, 2.75) is 19.3 Å². The Hall–Kier alpha value is -1.91. The van der Waals surface area contributed by atoms with Crippen molar-refractivity contribution in [2.75, 3.05) is 13.7 Å². The largest absolute Gasteiger partial charge is 0.497 e. The van der Waals surface area contributed by atoms with E-state index in [0.717, 1.165) is 5.56 Å². The fourth-order valence-electron chi connectivity index (χ4n) is 1.71. The van der Waals surface area contributed by atoms with Crippen molar-refractivity contribution in [2.24, 2.45) is 0 Å². The molecule has 1 rings (SSSR count). The van der Waals surface area contributed by atoms with Gasteiger partial charge in [0.2, 0.25) is 6.54 Å². The van der Waals surface area contributed by atoms with Crippen LogP contribution in [0.25, 0.3) is 0 Å². The monoisotopic (exact) mass is 237 g/mol. The second kappa shape index (κ2) is 5.98. The van der Waals surface area contributed by atoms with Crippen LogP contribution in [0.15, 0.2) is 24.3 Å². The molecule has 0 bridgehead atoms. The van der Waals surface area contributed by atoms with E-state index in [-0.39, 0.29) is 18.7 Å². The number of Topliss-reactive ketones (excluding diaryl/α,β-unsaturated/α-hetero) is 1. The maximum atomic E-state index is 11.1. The Kier molecular flexibility index (Phi) is 4.63. The Labute approximate surface area is 99.5 Å². The van der Waals surface area contributed by atoms with Crippen molar-refractivity contribution in [1.82, 2.24) is 0 Å². The van der Waals surface area contributed by atoms with Crippen molar-refractivity contribution in [3.05, 3.63) is 39.9 Å². The second-order valence-electron chi connectivity index (χ2n) is 3.89. The molecule has 5 nitrogen and oxygen atoms in total. The van der Waals surface area contributed by atoms with Crippen LogP contribution in [0, 0.1) is 10.1 Å². The first-order valence-corrected chi connectivity index (χ1v) is 5.28. The van der Waals surface area contributed by atoms with Crippen LogP contribution in [-0.4, -0.2) is 24.4 Å². The second-order valence-corrected chi connectivity index (χ2v) is 3.89. The number of ether oxygens (including phenoxy) is 1. The Morgan fingerprint density at radius 2 is 2.24 bits per heavy atom. The third kappa shape index (κ3) is 4.22. The molecule has 0 unspecified atom stereocenters. The predicted molar refractivity (Wildman–Crippen MR) is 62.9 cm³/mol. The number of nitrogens with zero attached hydrogens (tertiary/aromatic N) is 1. The summed E-state index contributed by atoms with van der Waals surface area (Å²) in [4.78, 5) is 21.3. The van der Waals surface area contributed by atoms with Crippen LogP contribution >= 0.6 is 0 Å². The van der Waals surface area contributed by atoms with E-state index < -0.39 is 10.8 Å². The summed E-state index contributed by atoms with van der Waals surface area (Å²) in [5, 5.41) is 10.6. The molecule has 0 aromatic heterocycles. The Balaban J connectivity index is 2.94. The third-order valence-corrected chi connectivity index (χ3v) is 2.47. The number of carbonyl (C=O) groups is 1. The van der Waals surface area contributed by atoms with Crippen molar-refractivity contribution in [3.63, 3.8) is 0 Å². The number of carbonyl (C=O) groups excluding carboxylic acids is 1. The first-order valence-electron chi connectivity index (χ1n) is 5.28.